The van der Waals surface area contributed by atoms with Gasteiger partial charge in [-0.15, -0.1) is 11.8 Å². The van der Waals surface area contributed by atoms with Crippen molar-refractivity contribution in [2.45, 2.75) is 36.4 Å². The molecule has 0 unspecified atom stereocenters. The zero-order valence-corrected chi connectivity index (χ0v) is 12.3. The fraction of sp³-hybridized carbons (Fsp3) is 0.500. The average molecular weight is 306 g/mol. The Kier molecular flexibility index (Phi) is 2.69. The molecule has 3 aliphatic rings. The van der Waals surface area contributed by atoms with Crippen LogP contribution in [0.1, 0.15) is 46.3 Å². The van der Waals surface area contributed by atoms with Gasteiger partial charge in [0.25, 0.3) is 11.5 Å². The number of carbonyl (C=O) groups is 2. The average Bonchev–Trinajstić information content (AvgIpc) is 3.09. The molecular formula is C14H14N2O4S. The maximum atomic E-state index is 12.7. The summed E-state index contributed by atoms with van der Waals surface area (Å²) in [6, 6.07) is -0.626. The van der Waals surface area contributed by atoms with Crippen molar-refractivity contribution >= 4 is 23.6 Å². The summed E-state index contributed by atoms with van der Waals surface area (Å²) in [6.45, 7) is 0.423. The number of nitrogens with one attached hydrogen (secondary N) is 1. The highest BCUT2D eigenvalue weighted by Gasteiger charge is 2.42. The molecule has 21 heavy (non-hydrogen) atoms. The minimum absolute atomic E-state index is 0.219. The van der Waals surface area contributed by atoms with Gasteiger partial charge in [0.1, 0.15) is 11.6 Å². The molecule has 6 nitrogen and oxygen atoms in total. The van der Waals surface area contributed by atoms with Crippen LogP contribution in [0.2, 0.25) is 0 Å². The summed E-state index contributed by atoms with van der Waals surface area (Å²) >= 11 is 1.52. The molecule has 0 saturated heterocycles. The van der Waals surface area contributed by atoms with E-state index < -0.39 is 12.0 Å². The van der Waals surface area contributed by atoms with E-state index >= 15 is 0 Å². The zero-order valence-electron chi connectivity index (χ0n) is 11.5. The minimum Gasteiger partial charge on any atom is -0.467 e. The van der Waals surface area contributed by atoms with Crippen LogP contribution in [0.5, 0.6) is 0 Å². The summed E-state index contributed by atoms with van der Waals surface area (Å²) in [5.41, 5.74) is 1.80. The second-order valence-corrected chi connectivity index (χ2v) is 6.56. The van der Waals surface area contributed by atoms with E-state index in [9.17, 15) is 14.4 Å². The van der Waals surface area contributed by atoms with Crippen LogP contribution < -0.4 is 10.9 Å². The molecule has 1 N–H and O–H groups in total. The molecule has 1 aliphatic carbocycles. The van der Waals surface area contributed by atoms with Crippen LogP contribution >= 0.6 is 11.8 Å². The van der Waals surface area contributed by atoms with Crippen molar-refractivity contribution in [2.24, 2.45) is 0 Å². The number of esters is 1. The number of hydrogen-bond acceptors (Lipinski definition) is 5. The molecule has 2 aliphatic heterocycles. The highest BCUT2D eigenvalue weighted by atomic mass is 32.2. The van der Waals surface area contributed by atoms with Crippen LogP contribution in [0, 0.1) is 0 Å². The lowest BCUT2D eigenvalue weighted by Crippen LogP contribution is -2.34. The molecule has 0 aromatic carbocycles. The minimum atomic E-state index is -0.626. The molecule has 0 bridgehead atoms. The lowest BCUT2D eigenvalue weighted by molar-refractivity contribution is -0.143. The number of aromatic nitrogens is 1. The summed E-state index contributed by atoms with van der Waals surface area (Å²) in [5, 5.41) is 3.59. The number of nitrogens with zero attached hydrogens (tertiary/aromatic N) is 1. The summed E-state index contributed by atoms with van der Waals surface area (Å²) in [6.07, 6.45) is 2.16. The second kappa shape index (κ2) is 4.37. The molecular weight excluding hydrogens is 292 g/mol. The van der Waals surface area contributed by atoms with Gasteiger partial charge in [0.15, 0.2) is 0 Å². The summed E-state index contributed by atoms with van der Waals surface area (Å²) in [5.74, 6) is 0.153. The monoisotopic (exact) mass is 306 g/mol. The van der Waals surface area contributed by atoms with Crippen LogP contribution in [-0.2, 0) is 16.1 Å². The molecule has 1 aromatic rings. The number of thioether (sulfide) groups is 1. The lowest BCUT2D eigenvalue weighted by Gasteiger charge is -2.16. The number of methoxy groups -OCH3 is 1. The van der Waals surface area contributed by atoms with E-state index in [1.54, 1.807) is 0 Å². The fourth-order valence-corrected chi connectivity index (χ4v) is 4.57. The van der Waals surface area contributed by atoms with E-state index in [1.165, 1.54) is 23.4 Å². The Labute approximate surface area is 124 Å². The van der Waals surface area contributed by atoms with Gasteiger partial charge in [0.2, 0.25) is 0 Å². The van der Waals surface area contributed by atoms with Gasteiger partial charge in [-0.25, -0.2) is 4.79 Å². The maximum Gasteiger partial charge on any atom is 0.329 e. The van der Waals surface area contributed by atoms with Gasteiger partial charge in [0.05, 0.1) is 12.1 Å². The van der Waals surface area contributed by atoms with E-state index in [0.29, 0.717) is 18.2 Å². The first-order valence-corrected chi connectivity index (χ1v) is 7.92. The third kappa shape index (κ3) is 1.70. The molecule has 1 amide bonds. The number of pyridine rings is 1. The highest BCUT2D eigenvalue weighted by molar-refractivity contribution is 7.99. The van der Waals surface area contributed by atoms with E-state index in [1.807, 2.05) is 0 Å². The van der Waals surface area contributed by atoms with Crippen molar-refractivity contribution in [3.05, 3.63) is 27.0 Å². The van der Waals surface area contributed by atoms with Crippen LogP contribution in [0.25, 0.3) is 0 Å². The van der Waals surface area contributed by atoms with E-state index in [0.717, 1.165) is 29.0 Å². The van der Waals surface area contributed by atoms with Gasteiger partial charge < -0.3 is 10.1 Å². The van der Waals surface area contributed by atoms with Crippen LogP contribution in [0.15, 0.2) is 9.82 Å². The Morgan fingerprint density at radius 3 is 2.81 bits per heavy atom. The predicted octanol–water partition coefficient (Wildman–Crippen LogP) is 0.789. The van der Waals surface area contributed by atoms with E-state index in [2.05, 4.69) is 5.32 Å². The van der Waals surface area contributed by atoms with Crippen molar-refractivity contribution in [1.29, 1.82) is 0 Å². The molecule has 4 rings (SSSR count). The zero-order chi connectivity index (χ0) is 14.7. The van der Waals surface area contributed by atoms with Crippen molar-refractivity contribution in [3.8, 4) is 0 Å². The molecule has 1 atom stereocenters. The second-order valence-electron chi connectivity index (χ2n) is 5.55. The molecule has 1 fully saturated rings. The van der Waals surface area contributed by atoms with Gasteiger partial charge in [-0.3, -0.25) is 14.2 Å². The molecule has 0 radical (unpaired) electrons. The number of carbonyl (C=O) groups excluding carboxylic acids is 2. The molecule has 110 valence electrons. The van der Waals surface area contributed by atoms with E-state index in [4.69, 9.17) is 4.74 Å². The highest BCUT2D eigenvalue weighted by Crippen LogP contribution is 2.49. The normalized spacial score (nSPS) is 22.7. The van der Waals surface area contributed by atoms with Gasteiger partial charge in [-0.05, 0) is 29.9 Å². The first-order valence-electron chi connectivity index (χ1n) is 6.93. The van der Waals surface area contributed by atoms with Crippen molar-refractivity contribution in [3.63, 3.8) is 0 Å². The molecule has 7 heteroatoms. The number of amides is 1. The summed E-state index contributed by atoms with van der Waals surface area (Å²) in [7, 11) is 1.32. The van der Waals surface area contributed by atoms with Crippen LogP contribution in [0.3, 0.4) is 0 Å². The SMILES string of the molecule is COC(=O)[C@@H]1CSc2c(C3CC3)c3c(c(=O)n21)C(=O)NC3. The topological polar surface area (TPSA) is 77.4 Å². The van der Waals surface area contributed by atoms with Gasteiger partial charge >= 0.3 is 5.97 Å². The van der Waals surface area contributed by atoms with Crippen LogP contribution in [0.4, 0.5) is 0 Å². The molecule has 3 heterocycles. The largest absolute Gasteiger partial charge is 0.467 e. The van der Waals surface area contributed by atoms with Crippen LogP contribution in [-0.4, -0.2) is 29.3 Å². The quantitative estimate of drug-likeness (QED) is 0.817. The van der Waals surface area contributed by atoms with Crippen molar-refractivity contribution < 1.29 is 14.3 Å². The van der Waals surface area contributed by atoms with Crippen molar-refractivity contribution in [1.82, 2.24) is 9.88 Å². The Hall–Kier alpha value is -1.76. The molecule has 1 aromatic heterocycles. The summed E-state index contributed by atoms with van der Waals surface area (Å²) < 4.78 is 6.28. The Bertz CT molecular complexity index is 735. The first kappa shape index (κ1) is 12.9. The number of hydrogen-bond donors (Lipinski definition) is 1. The Morgan fingerprint density at radius 2 is 2.14 bits per heavy atom. The number of ether oxygens (including phenoxy) is 1. The number of fused-ring (bicyclic) bond motifs is 2. The Morgan fingerprint density at radius 1 is 1.38 bits per heavy atom. The Balaban J connectivity index is 2.00. The lowest BCUT2D eigenvalue weighted by atomic mass is 10.0. The molecule has 0 spiro atoms. The number of rotatable bonds is 2. The standard InChI is InChI=1S/C14H14N2O4S/c1-20-14(19)8-5-21-13-9(6-2-3-6)7-4-15-11(17)10(7)12(18)16(8)13/h6,8H,2-5H2,1H3,(H,15,17)/t8-/m0/s1. The first-order chi connectivity index (χ1) is 10.1. The van der Waals surface area contributed by atoms with Gasteiger partial charge in [-0.1, -0.05) is 0 Å². The maximum absolute atomic E-state index is 12.7. The van der Waals surface area contributed by atoms with Gasteiger partial charge in [0, 0.05) is 12.3 Å². The van der Waals surface area contributed by atoms with Crippen molar-refractivity contribution in [2.75, 3.05) is 12.9 Å². The predicted molar refractivity (Wildman–Crippen MR) is 75.6 cm³/mol. The third-order valence-corrected chi connectivity index (χ3v) is 5.48. The summed E-state index contributed by atoms with van der Waals surface area (Å²) in [4.78, 5) is 36.6. The molecule has 1 saturated carbocycles. The fourth-order valence-electron chi connectivity index (χ4n) is 3.18. The smallest absolute Gasteiger partial charge is 0.329 e. The van der Waals surface area contributed by atoms with Gasteiger partial charge in [-0.2, -0.15) is 0 Å². The van der Waals surface area contributed by atoms with E-state index in [-0.39, 0.29) is 17.0 Å². The third-order valence-electron chi connectivity index (χ3n) is 4.31.